The van der Waals surface area contributed by atoms with Crippen molar-refractivity contribution in [2.24, 2.45) is 5.10 Å². The average Bonchev–Trinajstić information content (AvgIpc) is 3.19. The molecule has 7 heteroatoms. The Morgan fingerprint density at radius 3 is 2.54 bits per heavy atom. The van der Waals surface area contributed by atoms with E-state index in [1.54, 1.807) is 6.20 Å². The third-order valence-corrected chi connectivity index (χ3v) is 5.15. The van der Waals surface area contributed by atoms with Crippen LogP contribution < -0.4 is 5.43 Å². The Morgan fingerprint density at radius 1 is 0.929 bits per heavy atom. The highest BCUT2D eigenvalue weighted by Gasteiger charge is 2.10. The van der Waals surface area contributed by atoms with E-state index in [9.17, 15) is 0 Å². The number of aromatic nitrogens is 2. The molecule has 0 aliphatic carbocycles. The van der Waals surface area contributed by atoms with Crippen LogP contribution in [0, 0.1) is 0 Å². The van der Waals surface area contributed by atoms with Gasteiger partial charge in [0.15, 0.2) is 0 Å². The first-order chi connectivity index (χ1) is 13.7. The molecule has 0 fully saturated rings. The van der Waals surface area contributed by atoms with Gasteiger partial charge in [-0.3, -0.25) is 10.4 Å². The van der Waals surface area contributed by atoms with E-state index in [4.69, 9.17) is 23.2 Å². The molecule has 4 rings (SSSR count). The molecule has 0 atom stereocenters. The maximum Gasteiger partial charge on any atom is 0.203 e. The molecule has 4 nitrogen and oxygen atoms in total. The van der Waals surface area contributed by atoms with Gasteiger partial charge in [-0.25, -0.2) is 4.98 Å². The molecule has 0 unspecified atom stereocenters. The van der Waals surface area contributed by atoms with Crippen LogP contribution in [0.15, 0.2) is 83.4 Å². The summed E-state index contributed by atoms with van der Waals surface area (Å²) in [6, 6.07) is 20.8. The first-order valence-electron chi connectivity index (χ1n) is 8.41. The molecule has 0 bridgehead atoms. The summed E-state index contributed by atoms with van der Waals surface area (Å²) in [5.74, 6) is 0. The summed E-state index contributed by atoms with van der Waals surface area (Å²) >= 11 is 13.6. The first-order valence-corrected chi connectivity index (χ1v) is 10.0. The van der Waals surface area contributed by atoms with Crippen molar-refractivity contribution in [3.63, 3.8) is 0 Å². The number of rotatable bonds is 5. The van der Waals surface area contributed by atoms with Crippen LogP contribution in [0.2, 0.25) is 10.0 Å². The fraction of sp³-hybridized carbons (Fsp3) is 0. The van der Waals surface area contributed by atoms with E-state index in [2.05, 4.69) is 20.5 Å². The van der Waals surface area contributed by atoms with Crippen molar-refractivity contribution in [3.8, 4) is 11.3 Å². The second kappa shape index (κ2) is 8.52. The van der Waals surface area contributed by atoms with Crippen LogP contribution in [-0.2, 0) is 0 Å². The molecule has 0 amide bonds. The zero-order valence-electron chi connectivity index (χ0n) is 14.5. The molecule has 4 aromatic rings. The number of halogens is 2. The van der Waals surface area contributed by atoms with E-state index < -0.39 is 0 Å². The molecule has 0 radical (unpaired) electrons. The second-order valence-electron chi connectivity index (χ2n) is 5.84. The highest BCUT2D eigenvalue weighted by Crippen LogP contribution is 2.27. The molecule has 2 aromatic carbocycles. The van der Waals surface area contributed by atoms with Gasteiger partial charge in [-0.1, -0.05) is 53.5 Å². The van der Waals surface area contributed by atoms with Crippen LogP contribution in [0.3, 0.4) is 0 Å². The molecule has 0 spiro atoms. The highest BCUT2D eigenvalue weighted by molar-refractivity contribution is 7.14. The van der Waals surface area contributed by atoms with Crippen LogP contribution in [-0.4, -0.2) is 15.7 Å². The van der Waals surface area contributed by atoms with E-state index in [-0.39, 0.29) is 0 Å². The molecule has 0 saturated heterocycles. The summed E-state index contributed by atoms with van der Waals surface area (Å²) in [7, 11) is 0. The van der Waals surface area contributed by atoms with Gasteiger partial charge in [0.25, 0.3) is 0 Å². The Bertz CT molecular complexity index is 1110. The van der Waals surface area contributed by atoms with Gasteiger partial charge in [0.05, 0.1) is 11.4 Å². The highest BCUT2D eigenvalue weighted by atomic mass is 35.5. The van der Waals surface area contributed by atoms with Crippen molar-refractivity contribution in [2.75, 3.05) is 5.43 Å². The van der Waals surface area contributed by atoms with E-state index >= 15 is 0 Å². The number of thiazole rings is 1. The minimum atomic E-state index is 0.670. The van der Waals surface area contributed by atoms with Gasteiger partial charge in [-0.15, -0.1) is 11.3 Å². The quantitative estimate of drug-likeness (QED) is 0.298. The summed E-state index contributed by atoms with van der Waals surface area (Å²) in [6.45, 7) is 0. The van der Waals surface area contributed by atoms with Crippen molar-refractivity contribution in [1.29, 1.82) is 0 Å². The molecule has 0 saturated carbocycles. The number of benzene rings is 2. The Hall–Kier alpha value is -2.73. The molecule has 2 aromatic heterocycles. The minimum Gasteiger partial charge on any atom is -0.255 e. The summed E-state index contributed by atoms with van der Waals surface area (Å²) in [5, 5.41) is 8.56. The van der Waals surface area contributed by atoms with E-state index in [1.165, 1.54) is 11.3 Å². The second-order valence-corrected chi connectivity index (χ2v) is 7.57. The van der Waals surface area contributed by atoms with Gasteiger partial charge >= 0.3 is 0 Å². The SMILES string of the molecule is Clc1ccc(C(=NNc2nc(-c3cccc(Cl)c3)cs2)c2ccccn2)cc1. The minimum absolute atomic E-state index is 0.670. The number of hydrogen-bond donors (Lipinski definition) is 1. The molecule has 138 valence electrons. The molecule has 0 aliphatic rings. The van der Waals surface area contributed by atoms with Gasteiger partial charge in [0, 0.05) is 32.7 Å². The predicted molar refractivity (Wildman–Crippen MR) is 118 cm³/mol. The number of hydrazone groups is 1. The van der Waals surface area contributed by atoms with Crippen LogP contribution in [0.4, 0.5) is 5.13 Å². The lowest BCUT2D eigenvalue weighted by Gasteiger charge is -2.06. The zero-order valence-corrected chi connectivity index (χ0v) is 16.8. The Balaban J connectivity index is 1.64. The van der Waals surface area contributed by atoms with Crippen molar-refractivity contribution in [3.05, 3.63) is 99.6 Å². The van der Waals surface area contributed by atoms with Gasteiger partial charge in [-0.2, -0.15) is 5.10 Å². The molecule has 2 heterocycles. The predicted octanol–water partition coefficient (Wildman–Crippen LogP) is 6.38. The third kappa shape index (κ3) is 4.39. The van der Waals surface area contributed by atoms with Gasteiger partial charge < -0.3 is 0 Å². The van der Waals surface area contributed by atoms with Gasteiger partial charge in [-0.05, 0) is 36.4 Å². The number of pyridine rings is 1. The molecule has 28 heavy (non-hydrogen) atoms. The van der Waals surface area contributed by atoms with Crippen molar-refractivity contribution in [2.45, 2.75) is 0 Å². The zero-order chi connectivity index (χ0) is 19.3. The molecular weight excluding hydrogens is 411 g/mol. The number of anilines is 1. The fourth-order valence-electron chi connectivity index (χ4n) is 2.59. The largest absolute Gasteiger partial charge is 0.255 e. The smallest absolute Gasteiger partial charge is 0.203 e. The van der Waals surface area contributed by atoms with Crippen LogP contribution in [0.1, 0.15) is 11.3 Å². The van der Waals surface area contributed by atoms with E-state index in [0.717, 1.165) is 22.5 Å². The third-order valence-electron chi connectivity index (χ3n) is 3.91. The summed E-state index contributed by atoms with van der Waals surface area (Å²) in [6.07, 6.45) is 1.74. The lowest BCUT2D eigenvalue weighted by molar-refractivity contribution is 1.24. The molecular formula is C21H14Cl2N4S. The number of hydrogen-bond acceptors (Lipinski definition) is 5. The standard InChI is InChI=1S/C21H14Cl2N4S/c22-16-9-7-14(8-10-16)20(18-6-1-2-11-24-18)26-27-21-25-19(13-28-21)15-4-3-5-17(23)12-15/h1-13H,(H,25,27). The lowest BCUT2D eigenvalue weighted by atomic mass is 10.1. The molecule has 0 aliphatic heterocycles. The summed E-state index contributed by atoms with van der Waals surface area (Å²) in [4.78, 5) is 9.01. The van der Waals surface area contributed by atoms with Crippen molar-refractivity contribution in [1.82, 2.24) is 9.97 Å². The Morgan fingerprint density at radius 2 is 1.79 bits per heavy atom. The summed E-state index contributed by atoms with van der Waals surface area (Å²) < 4.78 is 0. The normalized spacial score (nSPS) is 11.4. The van der Waals surface area contributed by atoms with E-state index in [1.807, 2.05) is 72.1 Å². The van der Waals surface area contributed by atoms with Crippen LogP contribution >= 0.6 is 34.5 Å². The molecule has 1 N–H and O–H groups in total. The Labute approximate surface area is 176 Å². The first kappa shape index (κ1) is 18.6. The van der Waals surface area contributed by atoms with Gasteiger partial charge in [0.1, 0.15) is 5.71 Å². The van der Waals surface area contributed by atoms with Crippen molar-refractivity contribution >= 4 is 45.4 Å². The Kier molecular flexibility index (Phi) is 5.67. The van der Waals surface area contributed by atoms with Crippen molar-refractivity contribution < 1.29 is 0 Å². The maximum absolute atomic E-state index is 6.07. The number of nitrogens with zero attached hydrogens (tertiary/aromatic N) is 3. The average molecular weight is 425 g/mol. The van der Waals surface area contributed by atoms with Crippen LogP contribution in [0.5, 0.6) is 0 Å². The number of nitrogens with one attached hydrogen (secondary N) is 1. The van der Waals surface area contributed by atoms with Gasteiger partial charge in [0.2, 0.25) is 5.13 Å². The lowest BCUT2D eigenvalue weighted by Crippen LogP contribution is -2.08. The van der Waals surface area contributed by atoms with Crippen LogP contribution in [0.25, 0.3) is 11.3 Å². The summed E-state index contributed by atoms with van der Waals surface area (Å²) in [5.41, 5.74) is 7.22. The topological polar surface area (TPSA) is 50.2 Å². The fourth-order valence-corrected chi connectivity index (χ4v) is 3.57. The maximum atomic E-state index is 6.07. The monoisotopic (exact) mass is 424 g/mol. The van der Waals surface area contributed by atoms with E-state index in [0.29, 0.717) is 20.9 Å².